The lowest BCUT2D eigenvalue weighted by Gasteiger charge is -2.03. The Labute approximate surface area is 101 Å². The first-order chi connectivity index (χ1) is 6.81. The van der Waals surface area contributed by atoms with Gasteiger partial charge in [0.25, 0.3) is 0 Å². The Balaban J connectivity index is 2.49. The summed E-state index contributed by atoms with van der Waals surface area (Å²) in [5.41, 5.74) is 2.12. The van der Waals surface area contributed by atoms with Crippen molar-refractivity contribution < 1.29 is 0 Å². The smallest absolute Gasteiger partial charge is 0.129 e. The summed E-state index contributed by atoms with van der Waals surface area (Å²) in [5.74, 6) is 0. The van der Waals surface area contributed by atoms with Gasteiger partial charge in [-0.05, 0) is 40.2 Å². The molecule has 0 aliphatic carbocycles. The first kappa shape index (κ1) is 10.3. The van der Waals surface area contributed by atoms with E-state index in [1.807, 2.05) is 22.7 Å². The highest BCUT2D eigenvalue weighted by Gasteiger charge is 2.04. The van der Waals surface area contributed by atoms with Crippen LogP contribution >= 0.6 is 40.0 Å². The van der Waals surface area contributed by atoms with Crippen molar-refractivity contribution in [1.82, 2.24) is 14.5 Å². The molecule has 2 aromatic rings. The van der Waals surface area contributed by atoms with Crippen LogP contribution in [0.4, 0.5) is 0 Å². The molecule has 2 heterocycles. The van der Waals surface area contributed by atoms with Gasteiger partial charge in [0.1, 0.15) is 5.15 Å². The van der Waals surface area contributed by atoms with E-state index in [0.717, 1.165) is 11.3 Å². The molecule has 72 valence electrons. The van der Waals surface area contributed by atoms with Crippen molar-refractivity contribution >= 4 is 40.0 Å². The van der Waals surface area contributed by atoms with Gasteiger partial charge in [0, 0.05) is 18.0 Å². The maximum absolute atomic E-state index is 5.82. The number of aromatic nitrogens is 3. The number of nitrogens with zero attached hydrogens (tertiary/aromatic N) is 3. The van der Waals surface area contributed by atoms with Gasteiger partial charge in [0.2, 0.25) is 0 Å². The van der Waals surface area contributed by atoms with Crippen molar-refractivity contribution in [2.75, 3.05) is 0 Å². The predicted octanol–water partition coefficient (Wildman–Crippen LogP) is 3.39. The third-order valence-electron chi connectivity index (χ3n) is 1.75. The molecule has 6 heteroatoms. The van der Waals surface area contributed by atoms with Crippen LogP contribution in [0.1, 0.15) is 0 Å². The Morgan fingerprint density at radius 1 is 1.36 bits per heavy atom. The molecule has 0 fully saturated rings. The Morgan fingerprint density at radius 2 is 2.21 bits per heavy atom. The van der Waals surface area contributed by atoms with E-state index in [-0.39, 0.29) is 0 Å². The van der Waals surface area contributed by atoms with Crippen LogP contribution in [-0.4, -0.2) is 14.5 Å². The van der Waals surface area contributed by atoms with E-state index < -0.39 is 0 Å². The van der Waals surface area contributed by atoms with Crippen LogP contribution in [0.3, 0.4) is 0 Å². The van der Waals surface area contributed by atoms with Crippen LogP contribution in [0.2, 0.25) is 5.15 Å². The van der Waals surface area contributed by atoms with E-state index in [2.05, 4.69) is 32.1 Å². The lowest BCUT2D eigenvalue weighted by molar-refractivity contribution is 1.02. The molecule has 2 aromatic heterocycles. The SMILES string of the molecule is Clc1cc(-c2ccnn2PI)ccn1. The van der Waals surface area contributed by atoms with Gasteiger partial charge in [0.05, 0.1) is 12.1 Å². The second-order valence-electron chi connectivity index (χ2n) is 2.58. The number of rotatable bonds is 2. The number of hydrogen-bond donors (Lipinski definition) is 0. The zero-order chi connectivity index (χ0) is 9.97. The van der Waals surface area contributed by atoms with Crippen LogP contribution in [0, 0.1) is 0 Å². The fourth-order valence-electron chi connectivity index (χ4n) is 1.15. The molecule has 2 rings (SSSR count). The summed E-state index contributed by atoms with van der Waals surface area (Å²) in [6, 6.07) is 5.74. The molecule has 0 radical (unpaired) electrons. The van der Waals surface area contributed by atoms with E-state index >= 15 is 0 Å². The van der Waals surface area contributed by atoms with Crippen molar-refractivity contribution in [3.8, 4) is 11.3 Å². The van der Waals surface area contributed by atoms with Crippen molar-refractivity contribution in [3.05, 3.63) is 35.7 Å². The monoisotopic (exact) mass is 337 g/mol. The maximum Gasteiger partial charge on any atom is 0.129 e. The molecular formula is C8H6ClIN3P. The van der Waals surface area contributed by atoms with Crippen molar-refractivity contribution in [2.45, 2.75) is 0 Å². The van der Waals surface area contributed by atoms with Gasteiger partial charge in [-0.1, -0.05) is 11.6 Å². The maximum atomic E-state index is 5.82. The molecule has 14 heavy (non-hydrogen) atoms. The van der Waals surface area contributed by atoms with Gasteiger partial charge in [-0.25, -0.2) is 9.44 Å². The molecule has 0 saturated heterocycles. The minimum Gasteiger partial charge on any atom is -0.245 e. The summed E-state index contributed by atoms with van der Waals surface area (Å²) in [6.07, 6.45) is 4.07. The number of halogens is 2. The van der Waals surface area contributed by atoms with Crippen LogP contribution in [0.5, 0.6) is 0 Å². The molecule has 3 nitrogen and oxygen atoms in total. The molecule has 0 aliphatic rings. The molecule has 0 aliphatic heterocycles. The van der Waals surface area contributed by atoms with E-state index in [1.54, 1.807) is 12.4 Å². The van der Waals surface area contributed by atoms with Crippen LogP contribution < -0.4 is 0 Å². The second-order valence-corrected chi connectivity index (χ2v) is 5.01. The highest BCUT2D eigenvalue weighted by molar-refractivity contribution is 14.2. The molecule has 0 saturated carbocycles. The standard InChI is InChI=1S/C8H6ClIN3P/c9-8-5-6(1-3-11-8)7-2-4-12-13(7)14-10/h1-5,14H. The first-order valence-corrected chi connectivity index (χ1v) is 8.28. The number of hydrogen-bond acceptors (Lipinski definition) is 2. The molecular weight excluding hydrogens is 331 g/mol. The van der Waals surface area contributed by atoms with Crippen LogP contribution in [0.15, 0.2) is 30.6 Å². The van der Waals surface area contributed by atoms with E-state index in [9.17, 15) is 0 Å². The van der Waals surface area contributed by atoms with Crippen molar-refractivity contribution in [1.29, 1.82) is 0 Å². The lowest BCUT2D eigenvalue weighted by atomic mass is 10.2. The quantitative estimate of drug-likeness (QED) is 0.478. The van der Waals surface area contributed by atoms with E-state index in [1.165, 1.54) is 0 Å². The second kappa shape index (κ2) is 4.55. The van der Waals surface area contributed by atoms with Crippen molar-refractivity contribution in [3.63, 3.8) is 0 Å². The minimum absolute atomic E-state index is 0.507. The van der Waals surface area contributed by atoms with Gasteiger partial charge in [-0.3, -0.25) is 0 Å². The zero-order valence-corrected chi connectivity index (χ0v) is 10.9. The summed E-state index contributed by atoms with van der Waals surface area (Å²) >= 11 is 8.11. The summed E-state index contributed by atoms with van der Waals surface area (Å²) in [5, 5.41) is 4.71. The Kier molecular flexibility index (Phi) is 3.36. The summed E-state index contributed by atoms with van der Waals surface area (Å²) < 4.78 is 1.94. The fraction of sp³-hybridized carbons (Fsp3) is 0. The molecule has 0 spiro atoms. The third kappa shape index (κ3) is 2.07. The Bertz CT molecular complexity index is 446. The fourth-order valence-corrected chi connectivity index (χ4v) is 2.88. The highest BCUT2D eigenvalue weighted by Crippen LogP contribution is 2.30. The third-order valence-corrected chi connectivity index (χ3v) is 3.84. The van der Waals surface area contributed by atoms with Crippen LogP contribution in [-0.2, 0) is 0 Å². The summed E-state index contributed by atoms with van der Waals surface area (Å²) in [6.45, 7) is 0. The molecule has 0 amide bonds. The Hall–Kier alpha value is -0.190. The van der Waals surface area contributed by atoms with Gasteiger partial charge < -0.3 is 0 Å². The molecule has 0 bridgehead atoms. The average Bonchev–Trinajstić information content (AvgIpc) is 2.65. The normalized spacial score (nSPS) is 11.3. The first-order valence-electron chi connectivity index (χ1n) is 3.84. The predicted molar refractivity (Wildman–Crippen MR) is 68.2 cm³/mol. The topological polar surface area (TPSA) is 30.7 Å². The van der Waals surface area contributed by atoms with Gasteiger partial charge >= 0.3 is 0 Å². The van der Waals surface area contributed by atoms with Crippen molar-refractivity contribution in [2.24, 2.45) is 0 Å². The average molecular weight is 337 g/mol. The van der Waals surface area contributed by atoms with Gasteiger partial charge in [-0.2, -0.15) is 5.10 Å². The van der Waals surface area contributed by atoms with E-state index in [0.29, 0.717) is 11.5 Å². The lowest BCUT2D eigenvalue weighted by Crippen LogP contribution is -1.88. The largest absolute Gasteiger partial charge is 0.245 e. The van der Waals surface area contributed by atoms with Crippen LogP contribution in [0.25, 0.3) is 11.3 Å². The Morgan fingerprint density at radius 3 is 2.93 bits per heavy atom. The molecule has 0 N–H and O–H groups in total. The van der Waals surface area contributed by atoms with Gasteiger partial charge in [-0.15, -0.1) is 0 Å². The minimum atomic E-state index is 0.507. The molecule has 1 atom stereocenters. The number of pyridine rings is 1. The highest BCUT2D eigenvalue weighted by atomic mass is 127. The summed E-state index contributed by atoms with van der Waals surface area (Å²) in [7, 11) is 0. The van der Waals surface area contributed by atoms with E-state index in [4.69, 9.17) is 11.6 Å². The molecule has 1 unspecified atom stereocenters. The van der Waals surface area contributed by atoms with Gasteiger partial charge in [0.15, 0.2) is 0 Å². The summed E-state index contributed by atoms with van der Waals surface area (Å²) in [4.78, 5) is 3.94. The molecule has 0 aromatic carbocycles. The zero-order valence-electron chi connectivity index (χ0n) is 6.98.